The van der Waals surface area contributed by atoms with Gasteiger partial charge in [0.05, 0.1) is 54.9 Å². The molecule has 0 amide bonds. The van der Waals surface area contributed by atoms with Gasteiger partial charge in [0, 0.05) is 5.92 Å². The van der Waals surface area contributed by atoms with Crippen LogP contribution in [0.4, 0.5) is 0 Å². The van der Waals surface area contributed by atoms with Crippen LogP contribution in [0.1, 0.15) is 16.4 Å². The van der Waals surface area contributed by atoms with E-state index in [0.717, 1.165) is 11.0 Å². The molecule has 2 aliphatic rings. The van der Waals surface area contributed by atoms with E-state index >= 15 is 0 Å². The molecule has 2 saturated heterocycles. The molecule has 1 N–H and O–H groups in total. The first kappa shape index (κ1) is 11.9. The van der Waals surface area contributed by atoms with Gasteiger partial charge >= 0.3 is 5.97 Å². The molecule has 6 nitrogen and oxygen atoms in total. The lowest BCUT2D eigenvalue weighted by atomic mass is 10.00. The molecule has 3 heterocycles. The molecule has 6 heteroatoms. The van der Waals surface area contributed by atoms with Gasteiger partial charge in [0.2, 0.25) is 0 Å². The van der Waals surface area contributed by atoms with Crippen molar-refractivity contribution in [3.8, 4) is 0 Å². The zero-order valence-corrected chi connectivity index (χ0v) is 10.7. The highest BCUT2D eigenvalue weighted by Gasteiger charge is 2.42. The first-order valence-electron chi connectivity index (χ1n) is 6.63. The summed E-state index contributed by atoms with van der Waals surface area (Å²) in [5.74, 6) is -0.606. The third-order valence-corrected chi connectivity index (χ3v) is 4.22. The molecular weight excluding hydrogens is 260 g/mol. The predicted octanol–water partition coefficient (Wildman–Crippen LogP) is 1.32. The van der Waals surface area contributed by atoms with Crippen LogP contribution in [0.15, 0.2) is 24.5 Å². The molecule has 0 unspecified atom stereocenters. The fourth-order valence-electron chi connectivity index (χ4n) is 3.14. The van der Waals surface area contributed by atoms with Gasteiger partial charge in [-0.2, -0.15) is 0 Å². The molecule has 3 atom stereocenters. The fourth-order valence-corrected chi connectivity index (χ4v) is 3.14. The summed E-state index contributed by atoms with van der Waals surface area (Å²) in [4.78, 5) is 15.5. The summed E-state index contributed by atoms with van der Waals surface area (Å²) in [5.41, 5.74) is 1.92. The van der Waals surface area contributed by atoms with Crippen molar-refractivity contribution in [1.82, 2.24) is 9.55 Å². The molecule has 0 saturated carbocycles. The van der Waals surface area contributed by atoms with Gasteiger partial charge in [0.25, 0.3) is 0 Å². The highest BCUT2D eigenvalue weighted by atomic mass is 16.6. The number of aromatic nitrogens is 2. The van der Waals surface area contributed by atoms with E-state index in [0.29, 0.717) is 25.7 Å². The van der Waals surface area contributed by atoms with Crippen molar-refractivity contribution < 1.29 is 19.4 Å². The van der Waals surface area contributed by atoms with Crippen molar-refractivity contribution >= 4 is 17.0 Å². The topological polar surface area (TPSA) is 73.6 Å². The van der Waals surface area contributed by atoms with E-state index in [1.54, 1.807) is 24.5 Å². The second-order valence-corrected chi connectivity index (χ2v) is 5.30. The minimum absolute atomic E-state index is 0.153. The van der Waals surface area contributed by atoms with Gasteiger partial charge in [-0.05, 0) is 18.2 Å². The maximum absolute atomic E-state index is 11.1. The lowest BCUT2D eigenvalue weighted by molar-refractivity contribution is 0.0655. The van der Waals surface area contributed by atoms with Gasteiger partial charge in [-0.25, -0.2) is 9.78 Å². The molecule has 2 aromatic rings. The smallest absolute Gasteiger partial charge is 0.335 e. The Morgan fingerprint density at radius 3 is 3.10 bits per heavy atom. The number of fused-ring (bicyclic) bond motifs is 2. The van der Waals surface area contributed by atoms with E-state index < -0.39 is 5.97 Å². The maximum Gasteiger partial charge on any atom is 0.335 e. The van der Waals surface area contributed by atoms with Gasteiger partial charge in [0.15, 0.2) is 0 Å². The van der Waals surface area contributed by atoms with Crippen LogP contribution >= 0.6 is 0 Å². The van der Waals surface area contributed by atoms with E-state index in [-0.39, 0.29) is 17.7 Å². The number of carboxylic acids is 1. The van der Waals surface area contributed by atoms with Crippen molar-refractivity contribution in [1.29, 1.82) is 0 Å². The molecule has 4 rings (SSSR count). The summed E-state index contributed by atoms with van der Waals surface area (Å²) in [7, 11) is 0. The number of carboxylic acid groups (broad SMARTS) is 1. The van der Waals surface area contributed by atoms with Crippen LogP contribution in [0.25, 0.3) is 11.0 Å². The van der Waals surface area contributed by atoms with Crippen LogP contribution in [0.3, 0.4) is 0 Å². The number of ether oxygens (including phenoxy) is 2. The van der Waals surface area contributed by atoms with E-state index in [4.69, 9.17) is 14.6 Å². The first-order chi connectivity index (χ1) is 9.74. The van der Waals surface area contributed by atoms with Crippen molar-refractivity contribution in [2.45, 2.75) is 12.1 Å². The average Bonchev–Trinajstić information content (AvgIpc) is 3.11. The monoisotopic (exact) mass is 274 g/mol. The predicted molar refractivity (Wildman–Crippen MR) is 69.8 cm³/mol. The first-order valence-corrected chi connectivity index (χ1v) is 6.63. The molecule has 1 aromatic carbocycles. The Balaban J connectivity index is 1.79. The number of carbonyl (C=O) groups is 1. The lowest BCUT2D eigenvalue weighted by Crippen LogP contribution is -2.21. The molecular formula is C14H14N2O4. The molecule has 0 bridgehead atoms. The highest BCUT2D eigenvalue weighted by Crippen LogP contribution is 2.37. The molecule has 0 aliphatic carbocycles. The molecule has 0 radical (unpaired) electrons. The lowest BCUT2D eigenvalue weighted by Gasteiger charge is -2.17. The van der Waals surface area contributed by atoms with Gasteiger partial charge in [-0.1, -0.05) is 0 Å². The second-order valence-electron chi connectivity index (χ2n) is 5.30. The van der Waals surface area contributed by atoms with E-state index in [2.05, 4.69) is 4.98 Å². The van der Waals surface area contributed by atoms with Crippen LogP contribution in [-0.4, -0.2) is 46.6 Å². The summed E-state index contributed by atoms with van der Waals surface area (Å²) in [6.07, 6.45) is 1.92. The molecule has 104 valence electrons. The van der Waals surface area contributed by atoms with Crippen LogP contribution in [-0.2, 0) is 9.47 Å². The van der Waals surface area contributed by atoms with Crippen molar-refractivity contribution in [2.24, 2.45) is 5.92 Å². The third kappa shape index (κ3) is 1.65. The van der Waals surface area contributed by atoms with Gasteiger partial charge in [-0.15, -0.1) is 0 Å². The van der Waals surface area contributed by atoms with Crippen LogP contribution in [0.2, 0.25) is 0 Å². The summed E-state index contributed by atoms with van der Waals surface area (Å²) in [5, 5.41) is 9.11. The minimum atomic E-state index is -0.926. The molecule has 2 fully saturated rings. The zero-order chi connectivity index (χ0) is 13.7. The number of hydrogen-bond donors (Lipinski definition) is 1. The Bertz CT molecular complexity index is 681. The van der Waals surface area contributed by atoms with Crippen LogP contribution in [0.5, 0.6) is 0 Å². The summed E-state index contributed by atoms with van der Waals surface area (Å²) < 4.78 is 13.2. The fraction of sp³-hybridized carbons (Fsp3) is 0.429. The van der Waals surface area contributed by atoms with Gasteiger partial charge in [0.1, 0.15) is 0 Å². The molecule has 0 spiro atoms. The summed E-state index contributed by atoms with van der Waals surface area (Å²) >= 11 is 0. The SMILES string of the molecule is O=C(O)c1ccc2ncn([C@@H]3CO[C@H]4COC[C@H]43)c2c1. The minimum Gasteiger partial charge on any atom is -0.478 e. The Kier molecular flexibility index (Phi) is 2.55. The standard InChI is InChI=1S/C14H14N2O4/c17-14(18)8-1-2-10-11(3-8)16(7-15-10)12-5-20-13-6-19-4-9(12)13/h1-3,7,9,12-13H,4-6H2,(H,17,18)/t9-,12+,13-/m0/s1. The Hall–Kier alpha value is -1.92. The third-order valence-electron chi connectivity index (χ3n) is 4.22. The Morgan fingerprint density at radius 1 is 1.35 bits per heavy atom. The van der Waals surface area contributed by atoms with Gasteiger partial charge < -0.3 is 19.1 Å². The van der Waals surface area contributed by atoms with E-state index in [1.165, 1.54) is 0 Å². The number of nitrogens with zero attached hydrogens (tertiary/aromatic N) is 2. The van der Waals surface area contributed by atoms with Crippen molar-refractivity contribution in [3.63, 3.8) is 0 Å². The van der Waals surface area contributed by atoms with Crippen LogP contribution in [0, 0.1) is 5.92 Å². The van der Waals surface area contributed by atoms with E-state index in [1.807, 2.05) is 4.57 Å². The normalized spacial score (nSPS) is 28.9. The number of aromatic carboxylic acids is 1. The summed E-state index contributed by atoms with van der Waals surface area (Å²) in [6.45, 7) is 1.96. The average molecular weight is 274 g/mol. The molecule has 2 aliphatic heterocycles. The zero-order valence-electron chi connectivity index (χ0n) is 10.7. The molecule has 20 heavy (non-hydrogen) atoms. The Morgan fingerprint density at radius 2 is 2.25 bits per heavy atom. The maximum atomic E-state index is 11.1. The quantitative estimate of drug-likeness (QED) is 0.894. The number of imidazole rings is 1. The second kappa shape index (κ2) is 4.29. The highest BCUT2D eigenvalue weighted by molar-refractivity contribution is 5.92. The number of hydrogen-bond acceptors (Lipinski definition) is 4. The number of rotatable bonds is 2. The largest absolute Gasteiger partial charge is 0.478 e. The molecule has 1 aromatic heterocycles. The van der Waals surface area contributed by atoms with E-state index in [9.17, 15) is 4.79 Å². The number of benzene rings is 1. The summed E-state index contributed by atoms with van der Waals surface area (Å²) in [6, 6.07) is 5.16. The van der Waals surface area contributed by atoms with Gasteiger partial charge in [-0.3, -0.25) is 0 Å². The van der Waals surface area contributed by atoms with Crippen molar-refractivity contribution in [2.75, 3.05) is 19.8 Å². The van der Waals surface area contributed by atoms with Crippen LogP contribution < -0.4 is 0 Å². The van der Waals surface area contributed by atoms with Crippen molar-refractivity contribution in [3.05, 3.63) is 30.1 Å². The Labute approximate surface area is 114 Å².